The minimum absolute atomic E-state index is 0.247. The predicted octanol–water partition coefficient (Wildman–Crippen LogP) is 5.38. The number of anilines is 2. The van der Waals surface area contributed by atoms with E-state index in [1.807, 2.05) is 26.0 Å². The van der Waals surface area contributed by atoms with Crippen molar-refractivity contribution in [3.63, 3.8) is 0 Å². The molecule has 0 unspecified atom stereocenters. The number of aromatic nitrogens is 1. The zero-order valence-corrected chi connectivity index (χ0v) is 19.2. The summed E-state index contributed by atoms with van der Waals surface area (Å²) < 4.78 is 16.6. The molecule has 1 fully saturated rings. The van der Waals surface area contributed by atoms with Crippen molar-refractivity contribution in [1.82, 2.24) is 5.16 Å². The Hall–Kier alpha value is -3.19. The first-order chi connectivity index (χ1) is 15.5. The molecule has 8 heteroatoms. The van der Waals surface area contributed by atoms with Gasteiger partial charge in [0.1, 0.15) is 12.4 Å². The Balaban J connectivity index is 1.52. The second-order valence-electron chi connectivity index (χ2n) is 7.77. The Kier molecular flexibility index (Phi) is 6.55. The number of hydrogen-bond acceptors (Lipinski definition) is 6. The Morgan fingerprint density at radius 2 is 1.94 bits per heavy atom. The molecule has 1 aromatic heterocycles. The van der Waals surface area contributed by atoms with Crippen LogP contribution in [0.3, 0.4) is 0 Å². The Morgan fingerprint density at radius 3 is 2.62 bits per heavy atom. The summed E-state index contributed by atoms with van der Waals surface area (Å²) >= 11 is 6.20. The highest BCUT2D eigenvalue weighted by atomic mass is 35.5. The van der Waals surface area contributed by atoms with Crippen LogP contribution in [0.5, 0.6) is 11.5 Å². The number of methoxy groups -OCH3 is 1. The van der Waals surface area contributed by atoms with E-state index in [2.05, 4.69) is 15.4 Å². The van der Waals surface area contributed by atoms with Crippen molar-refractivity contribution < 1.29 is 18.8 Å². The van der Waals surface area contributed by atoms with Crippen molar-refractivity contribution in [2.45, 2.75) is 33.3 Å². The van der Waals surface area contributed by atoms with E-state index in [9.17, 15) is 4.79 Å². The maximum Gasteiger partial charge on any atom is 0.255 e. The monoisotopic (exact) mass is 455 g/mol. The van der Waals surface area contributed by atoms with Crippen LogP contribution in [0.25, 0.3) is 0 Å². The van der Waals surface area contributed by atoms with E-state index < -0.39 is 0 Å². The third-order valence-electron chi connectivity index (χ3n) is 5.63. The summed E-state index contributed by atoms with van der Waals surface area (Å²) in [5.74, 6) is 1.47. The summed E-state index contributed by atoms with van der Waals surface area (Å²) in [4.78, 5) is 15.3. The Bertz CT molecular complexity index is 1100. The molecule has 4 rings (SSSR count). The Labute approximate surface area is 192 Å². The lowest BCUT2D eigenvalue weighted by atomic mass is 10.1. The number of nitrogens with zero attached hydrogens (tertiary/aromatic N) is 2. The summed E-state index contributed by atoms with van der Waals surface area (Å²) in [6, 6.07) is 10.7. The number of amides is 1. The zero-order chi connectivity index (χ0) is 22.7. The number of hydrogen-bond donors (Lipinski definition) is 1. The van der Waals surface area contributed by atoms with Gasteiger partial charge in [0.05, 0.1) is 29.7 Å². The molecular formula is C24H26ClN3O4. The number of carbonyl (C=O) groups excluding carboxylic acids is 1. The highest BCUT2D eigenvalue weighted by Crippen LogP contribution is 2.33. The normalized spacial score (nSPS) is 13.3. The summed E-state index contributed by atoms with van der Waals surface area (Å²) in [6.07, 6.45) is 2.28. The number of ether oxygens (including phenoxy) is 2. The lowest BCUT2D eigenvalue weighted by Crippen LogP contribution is -2.21. The van der Waals surface area contributed by atoms with Crippen molar-refractivity contribution in [3.8, 4) is 11.5 Å². The summed E-state index contributed by atoms with van der Waals surface area (Å²) in [6.45, 7) is 5.94. The van der Waals surface area contributed by atoms with Crippen molar-refractivity contribution >= 4 is 28.9 Å². The van der Waals surface area contributed by atoms with Gasteiger partial charge in [-0.1, -0.05) is 16.8 Å². The average molecular weight is 456 g/mol. The summed E-state index contributed by atoms with van der Waals surface area (Å²) in [5.41, 5.74) is 3.81. The van der Waals surface area contributed by atoms with Crippen molar-refractivity contribution in [1.29, 1.82) is 0 Å². The molecule has 0 atom stereocenters. The van der Waals surface area contributed by atoms with Gasteiger partial charge in [0.15, 0.2) is 11.5 Å². The fraction of sp³-hybridized carbons (Fsp3) is 0.333. The molecule has 2 heterocycles. The number of nitrogens with one attached hydrogen (secondary N) is 1. The first kappa shape index (κ1) is 22.0. The van der Waals surface area contributed by atoms with E-state index in [1.54, 1.807) is 31.4 Å². The van der Waals surface area contributed by atoms with Crippen molar-refractivity contribution in [2.75, 3.05) is 30.4 Å². The molecule has 1 amide bonds. The van der Waals surface area contributed by atoms with Gasteiger partial charge >= 0.3 is 0 Å². The second-order valence-corrected chi connectivity index (χ2v) is 8.20. The smallest absolute Gasteiger partial charge is 0.255 e. The van der Waals surface area contributed by atoms with Crippen LogP contribution in [-0.4, -0.2) is 31.3 Å². The number of halogens is 1. The van der Waals surface area contributed by atoms with Gasteiger partial charge in [-0.2, -0.15) is 0 Å². The highest BCUT2D eigenvalue weighted by Gasteiger charge is 2.19. The van der Waals surface area contributed by atoms with Crippen molar-refractivity contribution in [3.05, 3.63) is 64.0 Å². The quantitative estimate of drug-likeness (QED) is 0.515. The predicted molar refractivity (Wildman–Crippen MR) is 124 cm³/mol. The van der Waals surface area contributed by atoms with Crippen LogP contribution in [-0.2, 0) is 6.61 Å². The third kappa shape index (κ3) is 4.67. The first-order valence-electron chi connectivity index (χ1n) is 10.5. The molecule has 2 aromatic carbocycles. The van der Waals surface area contributed by atoms with Crippen LogP contribution in [0.1, 0.15) is 40.2 Å². The molecule has 3 aromatic rings. The van der Waals surface area contributed by atoms with Crippen LogP contribution < -0.4 is 19.7 Å². The average Bonchev–Trinajstić information content (AvgIpc) is 3.42. The molecule has 1 aliphatic rings. The number of carbonyl (C=O) groups is 1. The van der Waals surface area contributed by atoms with Crippen LogP contribution in [0.2, 0.25) is 5.02 Å². The molecule has 0 bridgehead atoms. The van der Waals surface area contributed by atoms with Gasteiger partial charge in [-0.3, -0.25) is 4.79 Å². The Morgan fingerprint density at radius 1 is 1.16 bits per heavy atom. The van der Waals surface area contributed by atoms with E-state index >= 15 is 0 Å². The van der Waals surface area contributed by atoms with Gasteiger partial charge in [0.2, 0.25) is 0 Å². The molecule has 1 saturated heterocycles. The molecular weight excluding hydrogens is 430 g/mol. The molecule has 7 nitrogen and oxygen atoms in total. The zero-order valence-electron chi connectivity index (χ0n) is 18.4. The maximum absolute atomic E-state index is 13.0. The fourth-order valence-corrected chi connectivity index (χ4v) is 3.99. The van der Waals surface area contributed by atoms with E-state index in [0.717, 1.165) is 42.9 Å². The molecule has 0 radical (unpaired) electrons. The van der Waals surface area contributed by atoms with Crippen LogP contribution in [0, 0.1) is 13.8 Å². The van der Waals surface area contributed by atoms with Gasteiger partial charge in [0.25, 0.3) is 5.91 Å². The van der Waals surface area contributed by atoms with E-state index in [0.29, 0.717) is 40.1 Å². The minimum Gasteiger partial charge on any atom is -0.493 e. The van der Waals surface area contributed by atoms with Gasteiger partial charge in [-0.15, -0.1) is 0 Å². The molecule has 168 valence electrons. The van der Waals surface area contributed by atoms with Gasteiger partial charge < -0.3 is 24.2 Å². The largest absolute Gasteiger partial charge is 0.493 e. The third-order valence-corrected chi connectivity index (χ3v) is 5.87. The molecule has 1 N–H and O–H groups in total. The summed E-state index contributed by atoms with van der Waals surface area (Å²) in [7, 11) is 1.54. The first-order valence-corrected chi connectivity index (χ1v) is 10.9. The fourth-order valence-electron chi connectivity index (χ4n) is 3.82. The van der Waals surface area contributed by atoms with Gasteiger partial charge in [0, 0.05) is 23.7 Å². The van der Waals surface area contributed by atoms with E-state index in [4.69, 9.17) is 25.6 Å². The number of benzene rings is 2. The number of rotatable bonds is 7. The van der Waals surface area contributed by atoms with Gasteiger partial charge in [-0.05, 0) is 63.1 Å². The van der Waals surface area contributed by atoms with Crippen molar-refractivity contribution in [2.24, 2.45) is 0 Å². The highest BCUT2D eigenvalue weighted by molar-refractivity contribution is 6.31. The maximum atomic E-state index is 13.0. The van der Waals surface area contributed by atoms with E-state index in [-0.39, 0.29) is 5.91 Å². The molecule has 1 aliphatic heterocycles. The van der Waals surface area contributed by atoms with Crippen LogP contribution >= 0.6 is 11.6 Å². The topological polar surface area (TPSA) is 76.8 Å². The molecule has 32 heavy (non-hydrogen) atoms. The summed E-state index contributed by atoms with van der Waals surface area (Å²) in [5, 5.41) is 7.51. The SMILES string of the molecule is COc1cc(C(=O)Nc2cc(Cl)ccc2N2CCCC2)ccc1OCc1c(C)noc1C. The standard InChI is InChI=1S/C24H26ClN3O4/c1-15-19(16(2)32-27-15)14-31-22-9-6-17(12-23(22)30-3)24(29)26-20-13-18(25)7-8-21(20)28-10-4-5-11-28/h6-9,12-13H,4-5,10-11,14H2,1-3H3,(H,26,29). The van der Waals surface area contributed by atoms with Crippen LogP contribution in [0.15, 0.2) is 40.9 Å². The van der Waals surface area contributed by atoms with Crippen LogP contribution in [0.4, 0.5) is 11.4 Å². The second kappa shape index (κ2) is 9.53. The van der Waals surface area contributed by atoms with E-state index in [1.165, 1.54) is 0 Å². The lowest BCUT2D eigenvalue weighted by molar-refractivity contribution is 0.102. The minimum atomic E-state index is -0.247. The lowest BCUT2D eigenvalue weighted by Gasteiger charge is -2.22. The molecule has 0 spiro atoms. The molecule has 0 saturated carbocycles. The molecule has 0 aliphatic carbocycles. The van der Waals surface area contributed by atoms with Gasteiger partial charge in [-0.25, -0.2) is 0 Å². The number of aryl methyl sites for hydroxylation is 2.